The van der Waals surface area contributed by atoms with Crippen molar-refractivity contribution in [3.63, 3.8) is 0 Å². The first-order valence-electron chi connectivity index (χ1n) is 1.89. The Morgan fingerprint density at radius 1 is 0.500 bits per heavy atom. The average molecular weight is 229 g/mol. The Kier molecular flexibility index (Phi) is 373. The van der Waals surface area contributed by atoms with Crippen molar-refractivity contribution in [2.24, 2.45) is 0 Å². The van der Waals surface area contributed by atoms with E-state index in [4.69, 9.17) is 39.6 Å². The minimum Gasteiger partial charge on any atom is -0.554 e. The van der Waals surface area contributed by atoms with Gasteiger partial charge in [-0.1, -0.05) is 0 Å². The first kappa shape index (κ1) is 37.6. The fraction of sp³-hybridized carbons (Fsp3) is 0. The molecule has 0 N–H and O–H groups in total. The summed E-state index contributed by atoms with van der Waals surface area (Å²) < 4.78 is 0. The molecule has 0 aromatic carbocycles. The van der Waals surface area contributed by atoms with Crippen molar-refractivity contribution in [1.29, 1.82) is 0 Å². The predicted octanol–water partition coefficient (Wildman–Crippen LogP) is -7.30. The zero-order chi connectivity index (χ0) is 10.8. The van der Waals surface area contributed by atoms with Gasteiger partial charge in [0, 0.05) is 25.9 Å². The van der Waals surface area contributed by atoms with E-state index in [9.17, 15) is 0 Å². The first-order chi connectivity index (χ1) is 5.66. The van der Waals surface area contributed by atoms with E-state index in [1.165, 1.54) is 0 Å². The zero-order valence-corrected chi connectivity index (χ0v) is 9.82. The summed E-state index contributed by atoms with van der Waals surface area (Å²) in [6.45, 7) is -2.00. The van der Waals surface area contributed by atoms with Crippen LogP contribution in [0, 0.1) is 0 Å². The SMILES string of the molecule is O=C[O-].O=C[O-].O=C[O-].O=C[O-].[Mg+2].[Mg+2]. The van der Waals surface area contributed by atoms with E-state index in [0.717, 1.165) is 0 Å². The molecular formula is C4H4Mg2O8. The summed E-state index contributed by atoms with van der Waals surface area (Å²) in [5.74, 6) is 0. The summed E-state index contributed by atoms with van der Waals surface area (Å²) in [5.41, 5.74) is 0. The van der Waals surface area contributed by atoms with Crippen LogP contribution in [0.15, 0.2) is 0 Å². The van der Waals surface area contributed by atoms with Crippen LogP contribution in [-0.4, -0.2) is 72.0 Å². The number of rotatable bonds is 0. The van der Waals surface area contributed by atoms with E-state index in [1.54, 1.807) is 0 Å². The second-order valence-corrected chi connectivity index (χ2v) is 0.385. The summed E-state index contributed by atoms with van der Waals surface area (Å²) in [6.07, 6.45) is 0. The summed E-state index contributed by atoms with van der Waals surface area (Å²) >= 11 is 0. The van der Waals surface area contributed by atoms with Gasteiger partial charge in [-0.25, -0.2) is 0 Å². The van der Waals surface area contributed by atoms with Crippen LogP contribution in [0.2, 0.25) is 0 Å². The quantitative estimate of drug-likeness (QED) is 0.292. The Morgan fingerprint density at radius 2 is 0.500 bits per heavy atom. The van der Waals surface area contributed by atoms with Gasteiger partial charge in [-0.15, -0.1) is 0 Å². The van der Waals surface area contributed by atoms with E-state index >= 15 is 0 Å². The van der Waals surface area contributed by atoms with Crippen molar-refractivity contribution in [3.05, 3.63) is 0 Å². The number of carbonyl (C=O) groups is 4. The Morgan fingerprint density at radius 3 is 0.500 bits per heavy atom. The van der Waals surface area contributed by atoms with Crippen LogP contribution in [0.3, 0.4) is 0 Å². The molecule has 0 aromatic rings. The van der Waals surface area contributed by atoms with E-state index in [1.807, 2.05) is 0 Å². The monoisotopic (exact) mass is 228 g/mol. The molecule has 0 aliphatic carbocycles. The number of hydrogen-bond donors (Lipinski definition) is 0. The predicted molar refractivity (Wildman–Crippen MR) is 35.8 cm³/mol. The molecule has 0 aliphatic heterocycles. The average Bonchev–Trinajstić information content (AvgIpc) is 1.92. The largest absolute Gasteiger partial charge is 2.00 e. The first-order valence-corrected chi connectivity index (χ1v) is 1.89. The van der Waals surface area contributed by atoms with Crippen LogP contribution < -0.4 is 20.4 Å². The number of carboxylic acid groups (broad SMARTS) is 4. The van der Waals surface area contributed by atoms with Gasteiger partial charge in [-0.05, 0) is 0 Å². The molecule has 0 radical (unpaired) electrons. The molecule has 0 spiro atoms. The van der Waals surface area contributed by atoms with Gasteiger partial charge in [0.15, 0.2) is 0 Å². The van der Waals surface area contributed by atoms with Gasteiger partial charge < -0.3 is 39.6 Å². The molecule has 10 heteroatoms. The van der Waals surface area contributed by atoms with Gasteiger partial charge in [0.05, 0.1) is 0 Å². The van der Waals surface area contributed by atoms with Crippen LogP contribution in [-0.2, 0) is 19.2 Å². The Labute approximate surface area is 111 Å². The van der Waals surface area contributed by atoms with Crippen LogP contribution in [0.25, 0.3) is 0 Å². The molecule has 0 aromatic heterocycles. The smallest absolute Gasteiger partial charge is 0.554 e. The maximum absolute atomic E-state index is 8.25. The molecule has 0 bridgehead atoms. The summed E-state index contributed by atoms with van der Waals surface area (Å²) in [4.78, 5) is 33.0. The Hall–Kier alpha value is -0.588. The van der Waals surface area contributed by atoms with Gasteiger partial charge in [0.2, 0.25) is 0 Å². The van der Waals surface area contributed by atoms with Crippen molar-refractivity contribution in [1.82, 2.24) is 0 Å². The van der Waals surface area contributed by atoms with Crippen LogP contribution >= 0.6 is 0 Å². The Balaban J connectivity index is -0.0000000145. The molecule has 0 saturated heterocycles. The third-order valence-corrected chi connectivity index (χ3v) is 0. The van der Waals surface area contributed by atoms with Crippen LogP contribution in [0.5, 0.6) is 0 Å². The number of carbonyl (C=O) groups excluding carboxylic acids is 4. The fourth-order valence-corrected chi connectivity index (χ4v) is 0. The number of hydrogen-bond acceptors (Lipinski definition) is 8. The van der Waals surface area contributed by atoms with Gasteiger partial charge in [0.25, 0.3) is 0 Å². The van der Waals surface area contributed by atoms with Gasteiger partial charge >= 0.3 is 46.1 Å². The summed E-state index contributed by atoms with van der Waals surface area (Å²) in [6, 6.07) is 0. The van der Waals surface area contributed by atoms with E-state index in [2.05, 4.69) is 0 Å². The summed E-state index contributed by atoms with van der Waals surface area (Å²) in [7, 11) is 0. The van der Waals surface area contributed by atoms with Crippen molar-refractivity contribution in [2.45, 2.75) is 0 Å². The second-order valence-electron chi connectivity index (χ2n) is 0.385. The molecule has 8 nitrogen and oxygen atoms in total. The van der Waals surface area contributed by atoms with Crippen LogP contribution in [0.4, 0.5) is 0 Å². The molecule has 0 aliphatic rings. The van der Waals surface area contributed by atoms with E-state index in [0.29, 0.717) is 0 Å². The zero-order valence-electron chi connectivity index (χ0n) is 6.99. The maximum Gasteiger partial charge on any atom is 2.00 e. The van der Waals surface area contributed by atoms with Crippen molar-refractivity contribution in [2.75, 3.05) is 0 Å². The second kappa shape index (κ2) is 139. The van der Waals surface area contributed by atoms with Crippen molar-refractivity contribution < 1.29 is 39.6 Å². The van der Waals surface area contributed by atoms with E-state index in [-0.39, 0.29) is 46.1 Å². The van der Waals surface area contributed by atoms with Gasteiger partial charge in [0.1, 0.15) is 0 Å². The molecule has 0 heterocycles. The fourth-order valence-electron chi connectivity index (χ4n) is 0. The van der Waals surface area contributed by atoms with Crippen molar-refractivity contribution >= 4 is 72.0 Å². The topological polar surface area (TPSA) is 161 Å². The molecule has 0 amide bonds. The van der Waals surface area contributed by atoms with Crippen molar-refractivity contribution in [3.8, 4) is 0 Å². The molecule has 0 unspecified atom stereocenters. The standard InChI is InChI=1S/4CH2O2.2Mg/c4*2-1-3;;/h4*1H,(H,2,3);;/q;;;;2*+2/p-4. The normalized spacial score (nSPS) is 3.43. The molecule has 0 rings (SSSR count). The minimum absolute atomic E-state index is 0. The third-order valence-electron chi connectivity index (χ3n) is 0. The molecule has 14 heavy (non-hydrogen) atoms. The van der Waals surface area contributed by atoms with Gasteiger partial charge in [-0.3, -0.25) is 0 Å². The molecule has 0 fully saturated rings. The Bertz CT molecular complexity index is 73.3. The minimum atomic E-state index is -0.500. The van der Waals surface area contributed by atoms with Gasteiger partial charge in [-0.2, -0.15) is 0 Å². The molecular weight excluding hydrogens is 225 g/mol. The van der Waals surface area contributed by atoms with E-state index < -0.39 is 25.9 Å². The molecule has 0 saturated carbocycles. The maximum atomic E-state index is 8.25. The molecule has 72 valence electrons. The van der Waals surface area contributed by atoms with Crippen LogP contribution in [0.1, 0.15) is 0 Å². The summed E-state index contributed by atoms with van der Waals surface area (Å²) in [5, 5.41) is 33.0. The third kappa shape index (κ3) is 3580. The molecule has 0 atom stereocenters.